The van der Waals surface area contributed by atoms with E-state index in [2.05, 4.69) is 25.6 Å². The SMILES string of the molecule is Cc1nc(Nc2nc(C#N)cs2)cc(OCC2CCNCC2)n1. The van der Waals surface area contributed by atoms with Crippen LogP contribution in [0, 0.1) is 24.2 Å². The van der Waals surface area contributed by atoms with Crippen LogP contribution in [-0.2, 0) is 0 Å². The number of thiazole rings is 1. The molecule has 3 heterocycles. The van der Waals surface area contributed by atoms with Gasteiger partial charge in [0.05, 0.1) is 6.61 Å². The van der Waals surface area contributed by atoms with Crippen LogP contribution in [0.15, 0.2) is 11.4 Å². The van der Waals surface area contributed by atoms with Crippen molar-refractivity contribution >= 4 is 22.3 Å². The first-order chi connectivity index (χ1) is 11.2. The summed E-state index contributed by atoms with van der Waals surface area (Å²) in [5, 5.41) is 17.6. The van der Waals surface area contributed by atoms with Crippen molar-refractivity contribution in [2.45, 2.75) is 19.8 Å². The Morgan fingerprint density at radius 1 is 1.39 bits per heavy atom. The number of ether oxygens (including phenoxy) is 1. The van der Waals surface area contributed by atoms with Crippen LogP contribution in [0.25, 0.3) is 0 Å². The molecule has 0 spiro atoms. The molecule has 0 bridgehead atoms. The summed E-state index contributed by atoms with van der Waals surface area (Å²) in [6.07, 6.45) is 2.26. The topological polar surface area (TPSA) is 95.8 Å². The number of hydrogen-bond acceptors (Lipinski definition) is 8. The average molecular weight is 330 g/mol. The summed E-state index contributed by atoms with van der Waals surface area (Å²) >= 11 is 1.36. The lowest BCUT2D eigenvalue weighted by Gasteiger charge is -2.22. The van der Waals surface area contributed by atoms with Gasteiger partial charge < -0.3 is 15.4 Å². The lowest BCUT2D eigenvalue weighted by atomic mass is 9.99. The van der Waals surface area contributed by atoms with Crippen molar-refractivity contribution in [1.82, 2.24) is 20.3 Å². The summed E-state index contributed by atoms with van der Waals surface area (Å²) < 4.78 is 5.84. The molecule has 120 valence electrons. The van der Waals surface area contributed by atoms with Gasteiger partial charge in [0.1, 0.15) is 17.7 Å². The highest BCUT2D eigenvalue weighted by Crippen LogP contribution is 2.22. The highest BCUT2D eigenvalue weighted by Gasteiger charge is 2.14. The van der Waals surface area contributed by atoms with Crippen LogP contribution >= 0.6 is 11.3 Å². The number of hydrogen-bond donors (Lipinski definition) is 2. The summed E-state index contributed by atoms with van der Waals surface area (Å²) in [6.45, 7) is 4.60. The Kier molecular flexibility index (Phi) is 5.00. The molecule has 23 heavy (non-hydrogen) atoms. The molecule has 8 heteroatoms. The van der Waals surface area contributed by atoms with E-state index in [1.807, 2.05) is 13.0 Å². The number of nitrogens with zero attached hydrogens (tertiary/aromatic N) is 4. The van der Waals surface area contributed by atoms with Gasteiger partial charge in [0.2, 0.25) is 5.88 Å². The molecule has 3 rings (SSSR count). The third-order valence-electron chi connectivity index (χ3n) is 3.59. The van der Waals surface area contributed by atoms with Crippen molar-refractivity contribution in [3.63, 3.8) is 0 Å². The van der Waals surface area contributed by atoms with E-state index >= 15 is 0 Å². The van der Waals surface area contributed by atoms with Crippen molar-refractivity contribution in [2.24, 2.45) is 5.92 Å². The van der Waals surface area contributed by atoms with Crippen molar-refractivity contribution in [1.29, 1.82) is 5.26 Å². The smallest absolute Gasteiger partial charge is 0.218 e. The molecule has 1 saturated heterocycles. The third-order valence-corrected chi connectivity index (χ3v) is 4.35. The second kappa shape index (κ2) is 7.35. The van der Waals surface area contributed by atoms with Crippen LogP contribution in [-0.4, -0.2) is 34.6 Å². The molecule has 1 aliphatic heterocycles. The summed E-state index contributed by atoms with van der Waals surface area (Å²) in [7, 11) is 0. The largest absolute Gasteiger partial charge is 0.477 e. The standard InChI is InChI=1S/C15H18N6OS/c1-10-18-13(21-15-20-12(7-16)9-23-15)6-14(19-10)22-8-11-2-4-17-5-3-11/h6,9,11,17H,2-5,8H2,1H3,(H,18,19,20,21). The molecule has 7 nitrogen and oxygen atoms in total. The monoisotopic (exact) mass is 330 g/mol. The first-order valence-electron chi connectivity index (χ1n) is 7.55. The molecule has 0 saturated carbocycles. The highest BCUT2D eigenvalue weighted by molar-refractivity contribution is 7.13. The Morgan fingerprint density at radius 2 is 2.22 bits per heavy atom. The minimum absolute atomic E-state index is 0.394. The molecule has 0 unspecified atom stereocenters. The van der Waals surface area contributed by atoms with Crippen LogP contribution in [0.2, 0.25) is 0 Å². The van der Waals surface area contributed by atoms with Gasteiger partial charge in [-0.1, -0.05) is 0 Å². The Morgan fingerprint density at radius 3 is 2.96 bits per heavy atom. The van der Waals surface area contributed by atoms with Gasteiger partial charge in [-0.15, -0.1) is 11.3 Å². The zero-order chi connectivity index (χ0) is 16.1. The summed E-state index contributed by atoms with van der Waals surface area (Å²) in [5.74, 6) is 2.39. The number of rotatable bonds is 5. The Balaban J connectivity index is 1.64. The highest BCUT2D eigenvalue weighted by atomic mass is 32.1. The molecule has 0 amide bonds. The fraction of sp³-hybridized carbons (Fsp3) is 0.467. The van der Waals surface area contributed by atoms with Crippen molar-refractivity contribution < 1.29 is 4.74 Å². The first kappa shape index (κ1) is 15.6. The van der Waals surface area contributed by atoms with Crippen LogP contribution in [0.4, 0.5) is 10.9 Å². The molecule has 2 aromatic heterocycles. The van der Waals surface area contributed by atoms with E-state index in [1.54, 1.807) is 11.4 Å². The minimum Gasteiger partial charge on any atom is -0.477 e. The van der Waals surface area contributed by atoms with Crippen LogP contribution in [0.5, 0.6) is 5.88 Å². The van der Waals surface area contributed by atoms with E-state index < -0.39 is 0 Å². The Hall–Kier alpha value is -2.24. The quantitative estimate of drug-likeness (QED) is 0.868. The predicted octanol–water partition coefficient (Wildman–Crippen LogP) is 2.24. The average Bonchev–Trinajstić information content (AvgIpc) is 3.01. The van der Waals surface area contributed by atoms with Gasteiger partial charge in [0.25, 0.3) is 0 Å². The molecule has 1 aliphatic rings. The summed E-state index contributed by atoms with van der Waals surface area (Å²) in [5.41, 5.74) is 0.394. The van der Waals surface area contributed by atoms with Crippen molar-refractivity contribution in [2.75, 3.05) is 25.0 Å². The number of aromatic nitrogens is 3. The molecule has 0 aliphatic carbocycles. The summed E-state index contributed by atoms with van der Waals surface area (Å²) in [4.78, 5) is 12.8. The lowest BCUT2D eigenvalue weighted by Crippen LogP contribution is -2.30. The van der Waals surface area contributed by atoms with Gasteiger partial charge in [-0.2, -0.15) is 10.2 Å². The van der Waals surface area contributed by atoms with Crippen LogP contribution in [0.3, 0.4) is 0 Å². The van der Waals surface area contributed by atoms with E-state index in [0.29, 0.717) is 40.9 Å². The van der Waals surface area contributed by atoms with Gasteiger partial charge >= 0.3 is 0 Å². The molecule has 2 aromatic rings. The number of anilines is 2. The van der Waals surface area contributed by atoms with Gasteiger partial charge in [-0.3, -0.25) is 0 Å². The molecule has 0 atom stereocenters. The van der Waals surface area contributed by atoms with Gasteiger partial charge in [0.15, 0.2) is 10.8 Å². The maximum Gasteiger partial charge on any atom is 0.218 e. The Bertz CT molecular complexity index is 704. The number of piperidine rings is 1. The van der Waals surface area contributed by atoms with E-state index in [-0.39, 0.29) is 0 Å². The lowest BCUT2D eigenvalue weighted by molar-refractivity contribution is 0.208. The van der Waals surface area contributed by atoms with E-state index in [0.717, 1.165) is 25.9 Å². The van der Waals surface area contributed by atoms with E-state index in [9.17, 15) is 0 Å². The molecular formula is C15H18N6OS. The van der Waals surface area contributed by atoms with Crippen molar-refractivity contribution in [3.05, 3.63) is 23.0 Å². The third kappa shape index (κ3) is 4.37. The van der Waals surface area contributed by atoms with Crippen molar-refractivity contribution in [3.8, 4) is 11.9 Å². The zero-order valence-electron chi connectivity index (χ0n) is 12.9. The van der Waals surface area contributed by atoms with Gasteiger partial charge in [-0.05, 0) is 38.8 Å². The first-order valence-corrected chi connectivity index (χ1v) is 8.43. The van der Waals surface area contributed by atoms with Crippen LogP contribution in [0.1, 0.15) is 24.4 Å². The minimum atomic E-state index is 0.394. The number of aryl methyl sites for hydroxylation is 1. The molecular weight excluding hydrogens is 312 g/mol. The summed E-state index contributed by atoms with van der Waals surface area (Å²) in [6, 6.07) is 3.77. The van der Waals surface area contributed by atoms with E-state index in [4.69, 9.17) is 10.00 Å². The zero-order valence-corrected chi connectivity index (χ0v) is 13.7. The van der Waals surface area contributed by atoms with Gasteiger partial charge in [0, 0.05) is 11.4 Å². The molecule has 0 radical (unpaired) electrons. The molecule has 0 aromatic carbocycles. The fourth-order valence-electron chi connectivity index (χ4n) is 2.42. The number of nitriles is 1. The van der Waals surface area contributed by atoms with E-state index in [1.165, 1.54) is 11.3 Å². The maximum atomic E-state index is 8.82. The molecule has 1 fully saturated rings. The maximum absolute atomic E-state index is 8.82. The molecule has 2 N–H and O–H groups in total. The fourth-order valence-corrected chi connectivity index (χ4v) is 3.07. The van der Waals surface area contributed by atoms with Crippen LogP contribution < -0.4 is 15.4 Å². The normalized spacial score (nSPS) is 15.1. The van der Waals surface area contributed by atoms with Gasteiger partial charge in [-0.25, -0.2) is 9.97 Å². The Labute approximate surface area is 138 Å². The number of nitrogens with one attached hydrogen (secondary N) is 2. The second-order valence-corrected chi connectivity index (χ2v) is 6.28. The second-order valence-electron chi connectivity index (χ2n) is 5.42. The predicted molar refractivity (Wildman–Crippen MR) is 88.0 cm³/mol.